The van der Waals surface area contributed by atoms with Crippen LogP contribution in [0.2, 0.25) is 0 Å². The van der Waals surface area contributed by atoms with Gasteiger partial charge in [0.1, 0.15) is 0 Å². The van der Waals surface area contributed by atoms with Crippen LogP contribution in [0.4, 0.5) is 0 Å². The van der Waals surface area contributed by atoms with Gasteiger partial charge in [0.05, 0.1) is 13.2 Å². The van der Waals surface area contributed by atoms with Crippen LogP contribution < -0.4 is 5.73 Å². The third-order valence-electron chi connectivity index (χ3n) is 4.70. The maximum Gasteiger partial charge on any atom is 0.0593 e. The van der Waals surface area contributed by atoms with E-state index >= 15 is 0 Å². The van der Waals surface area contributed by atoms with Crippen molar-refractivity contribution in [2.75, 3.05) is 65.7 Å². The van der Waals surface area contributed by atoms with Gasteiger partial charge in [0.15, 0.2) is 0 Å². The van der Waals surface area contributed by atoms with E-state index in [1.807, 2.05) is 13.8 Å². The number of nitrogens with zero attached hydrogens (tertiary/aromatic N) is 2. The van der Waals surface area contributed by atoms with E-state index in [2.05, 4.69) is 16.7 Å². The molecule has 0 aromatic rings. The van der Waals surface area contributed by atoms with E-state index in [-0.39, 0.29) is 5.54 Å². The highest BCUT2D eigenvalue weighted by Crippen LogP contribution is 2.28. The number of ether oxygens (including phenoxy) is 2. The average Bonchev–Trinajstić information content (AvgIpc) is 2.54. The van der Waals surface area contributed by atoms with Crippen molar-refractivity contribution < 1.29 is 9.47 Å². The monoisotopic (exact) mass is 301 g/mol. The van der Waals surface area contributed by atoms with Crippen LogP contribution in [0, 0.1) is 0 Å². The number of likely N-dealkylation sites (tertiary alicyclic amines) is 1. The minimum atomic E-state index is 0.125. The van der Waals surface area contributed by atoms with E-state index in [9.17, 15) is 0 Å². The second kappa shape index (κ2) is 10.5. The Labute approximate surface area is 130 Å². The summed E-state index contributed by atoms with van der Waals surface area (Å²) in [5.74, 6) is 0. The molecule has 0 bridgehead atoms. The lowest BCUT2D eigenvalue weighted by molar-refractivity contribution is -0.00990. The van der Waals surface area contributed by atoms with Crippen molar-refractivity contribution in [3.63, 3.8) is 0 Å². The van der Waals surface area contributed by atoms with Crippen LogP contribution >= 0.6 is 0 Å². The van der Waals surface area contributed by atoms with E-state index in [0.717, 1.165) is 78.5 Å². The Morgan fingerprint density at radius 2 is 1.52 bits per heavy atom. The molecule has 1 aliphatic rings. The highest BCUT2D eigenvalue weighted by molar-refractivity contribution is 4.96. The van der Waals surface area contributed by atoms with Crippen LogP contribution in [0.1, 0.15) is 33.6 Å². The molecule has 126 valence electrons. The molecule has 21 heavy (non-hydrogen) atoms. The summed E-state index contributed by atoms with van der Waals surface area (Å²) in [7, 11) is 0. The number of rotatable bonds is 11. The standard InChI is InChI=1S/C16H35N3O2/c1-4-18-9-7-16(15-17,8-10-18)19(11-13-20-5-2)12-14-21-6-3/h4-15,17H2,1-3H3. The van der Waals surface area contributed by atoms with Gasteiger partial charge in [-0.3, -0.25) is 4.90 Å². The van der Waals surface area contributed by atoms with Gasteiger partial charge >= 0.3 is 0 Å². The summed E-state index contributed by atoms with van der Waals surface area (Å²) in [6, 6.07) is 0. The molecule has 0 amide bonds. The molecule has 1 fully saturated rings. The Morgan fingerprint density at radius 3 is 1.90 bits per heavy atom. The lowest BCUT2D eigenvalue weighted by atomic mass is 9.85. The molecule has 5 nitrogen and oxygen atoms in total. The van der Waals surface area contributed by atoms with Crippen molar-refractivity contribution in [3.05, 3.63) is 0 Å². The molecule has 1 saturated heterocycles. The normalized spacial score (nSPS) is 19.3. The van der Waals surface area contributed by atoms with Crippen LogP contribution in [0.15, 0.2) is 0 Å². The van der Waals surface area contributed by atoms with Gasteiger partial charge in [-0.25, -0.2) is 0 Å². The zero-order chi connectivity index (χ0) is 15.6. The lowest BCUT2D eigenvalue weighted by Gasteiger charge is -2.48. The van der Waals surface area contributed by atoms with Gasteiger partial charge in [0.2, 0.25) is 0 Å². The van der Waals surface area contributed by atoms with Crippen molar-refractivity contribution >= 4 is 0 Å². The first-order valence-corrected chi connectivity index (χ1v) is 8.55. The van der Waals surface area contributed by atoms with Crippen LogP contribution in [-0.4, -0.2) is 81.0 Å². The van der Waals surface area contributed by atoms with Gasteiger partial charge in [-0.2, -0.15) is 0 Å². The summed E-state index contributed by atoms with van der Waals surface area (Å²) in [6.45, 7) is 15.5. The van der Waals surface area contributed by atoms with Gasteiger partial charge in [-0.05, 0) is 46.3 Å². The molecule has 0 unspecified atom stereocenters. The van der Waals surface area contributed by atoms with Crippen molar-refractivity contribution in [1.82, 2.24) is 9.80 Å². The first kappa shape index (κ1) is 18.8. The summed E-state index contributed by atoms with van der Waals surface area (Å²) in [6.07, 6.45) is 2.30. The Morgan fingerprint density at radius 1 is 1.00 bits per heavy atom. The number of hydrogen-bond donors (Lipinski definition) is 1. The summed E-state index contributed by atoms with van der Waals surface area (Å²) in [5, 5.41) is 0. The fraction of sp³-hybridized carbons (Fsp3) is 1.00. The minimum Gasteiger partial charge on any atom is -0.380 e. The van der Waals surface area contributed by atoms with E-state index in [1.165, 1.54) is 0 Å². The molecule has 1 heterocycles. The van der Waals surface area contributed by atoms with Gasteiger partial charge in [-0.1, -0.05) is 6.92 Å². The maximum atomic E-state index is 6.19. The molecule has 5 heteroatoms. The van der Waals surface area contributed by atoms with Gasteiger partial charge in [0, 0.05) is 38.4 Å². The molecule has 0 radical (unpaired) electrons. The van der Waals surface area contributed by atoms with Crippen LogP contribution in [0.25, 0.3) is 0 Å². The quantitative estimate of drug-likeness (QED) is 0.581. The third-order valence-corrected chi connectivity index (χ3v) is 4.70. The highest BCUT2D eigenvalue weighted by atomic mass is 16.5. The van der Waals surface area contributed by atoms with Crippen molar-refractivity contribution in [2.24, 2.45) is 5.73 Å². The second-order valence-corrected chi connectivity index (χ2v) is 5.74. The molecule has 2 N–H and O–H groups in total. The largest absolute Gasteiger partial charge is 0.380 e. The van der Waals surface area contributed by atoms with Gasteiger partial charge < -0.3 is 20.1 Å². The molecule has 0 spiro atoms. The van der Waals surface area contributed by atoms with E-state index < -0.39 is 0 Å². The first-order chi connectivity index (χ1) is 10.2. The van der Waals surface area contributed by atoms with Crippen molar-refractivity contribution in [1.29, 1.82) is 0 Å². The number of piperidine rings is 1. The average molecular weight is 301 g/mol. The molecule has 1 aliphatic heterocycles. The van der Waals surface area contributed by atoms with Crippen molar-refractivity contribution in [3.8, 4) is 0 Å². The predicted molar refractivity (Wildman–Crippen MR) is 87.7 cm³/mol. The van der Waals surface area contributed by atoms with E-state index in [0.29, 0.717) is 0 Å². The van der Waals surface area contributed by atoms with E-state index in [1.54, 1.807) is 0 Å². The van der Waals surface area contributed by atoms with Gasteiger partial charge in [-0.15, -0.1) is 0 Å². The third kappa shape index (κ3) is 5.83. The Balaban J connectivity index is 2.62. The second-order valence-electron chi connectivity index (χ2n) is 5.74. The fourth-order valence-corrected chi connectivity index (χ4v) is 3.16. The molecular formula is C16H35N3O2. The molecule has 0 saturated carbocycles. The molecule has 0 aliphatic carbocycles. The topological polar surface area (TPSA) is 51.0 Å². The van der Waals surface area contributed by atoms with Crippen molar-refractivity contribution in [2.45, 2.75) is 39.2 Å². The first-order valence-electron chi connectivity index (χ1n) is 8.55. The molecule has 0 atom stereocenters. The Bertz CT molecular complexity index is 246. The Hall–Kier alpha value is -0.200. The molecule has 0 aromatic carbocycles. The number of hydrogen-bond acceptors (Lipinski definition) is 5. The van der Waals surface area contributed by atoms with E-state index in [4.69, 9.17) is 15.2 Å². The lowest BCUT2D eigenvalue weighted by Crippen LogP contribution is -2.60. The minimum absolute atomic E-state index is 0.125. The van der Waals surface area contributed by atoms with Crippen LogP contribution in [0.5, 0.6) is 0 Å². The zero-order valence-electron chi connectivity index (χ0n) is 14.3. The highest BCUT2D eigenvalue weighted by Gasteiger charge is 2.38. The predicted octanol–water partition coefficient (Wildman–Crippen LogP) is 1.17. The number of nitrogens with two attached hydrogens (primary N) is 1. The maximum absolute atomic E-state index is 6.19. The summed E-state index contributed by atoms with van der Waals surface area (Å²) < 4.78 is 11.1. The van der Waals surface area contributed by atoms with Crippen LogP contribution in [0.3, 0.4) is 0 Å². The smallest absolute Gasteiger partial charge is 0.0593 e. The SMILES string of the molecule is CCOCCN(CCOCC)C1(CN)CCN(CC)CC1. The summed E-state index contributed by atoms with van der Waals surface area (Å²) >= 11 is 0. The molecular weight excluding hydrogens is 266 g/mol. The Kier molecular flexibility index (Phi) is 9.44. The van der Waals surface area contributed by atoms with Gasteiger partial charge in [0.25, 0.3) is 0 Å². The summed E-state index contributed by atoms with van der Waals surface area (Å²) in [4.78, 5) is 5.03. The fourth-order valence-electron chi connectivity index (χ4n) is 3.16. The zero-order valence-corrected chi connectivity index (χ0v) is 14.3. The molecule has 1 rings (SSSR count). The van der Waals surface area contributed by atoms with Crippen LogP contribution in [-0.2, 0) is 9.47 Å². The summed E-state index contributed by atoms with van der Waals surface area (Å²) in [5.41, 5.74) is 6.32. The molecule has 0 aromatic heterocycles.